The van der Waals surface area contributed by atoms with E-state index in [-0.39, 0.29) is 11.2 Å². The van der Waals surface area contributed by atoms with Crippen LogP contribution in [0.1, 0.15) is 65.7 Å². The van der Waals surface area contributed by atoms with Gasteiger partial charge in [0.2, 0.25) is 0 Å². The van der Waals surface area contributed by atoms with Gasteiger partial charge in [0.15, 0.2) is 5.78 Å². The topological polar surface area (TPSA) is 17.1 Å². The first kappa shape index (κ1) is 13.8. The SMILES string of the molecule is CC1=CC(=O)C=C2CC[C@H]3[C@@H]4CCC[C@@]4(C)CC[C@@H]3[C@@]12C. The van der Waals surface area contributed by atoms with Gasteiger partial charge in [-0.05, 0) is 80.8 Å². The average Bonchev–Trinajstić information content (AvgIpc) is 2.82. The molecule has 0 bridgehead atoms. The Bertz CT molecular complexity index is 554. The molecule has 0 aliphatic heterocycles. The van der Waals surface area contributed by atoms with Gasteiger partial charge in [-0.25, -0.2) is 0 Å². The van der Waals surface area contributed by atoms with E-state index < -0.39 is 0 Å². The second-order valence-electron chi connectivity index (χ2n) is 8.60. The summed E-state index contributed by atoms with van der Waals surface area (Å²) in [4.78, 5) is 11.9. The molecule has 21 heavy (non-hydrogen) atoms. The van der Waals surface area contributed by atoms with Crippen molar-refractivity contribution in [3.63, 3.8) is 0 Å². The van der Waals surface area contributed by atoms with E-state index in [0.29, 0.717) is 5.41 Å². The minimum absolute atomic E-state index is 0.181. The maximum atomic E-state index is 11.9. The van der Waals surface area contributed by atoms with E-state index in [9.17, 15) is 4.79 Å². The van der Waals surface area contributed by atoms with E-state index >= 15 is 0 Å². The molecule has 0 heterocycles. The normalized spacial score (nSPS) is 48.9. The predicted octanol–water partition coefficient (Wildman–Crippen LogP) is 5.07. The Morgan fingerprint density at radius 3 is 2.67 bits per heavy atom. The summed E-state index contributed by atoms with van der Waals surface area (Å²) in [6, 6.07) is 0. The standard InChI is InChI=1S/C20H28O/c1-13-11-15(21)12-14-6-7-16-17-5-4-9-19(17,2)10-8-18(16)20(13,14)3/h11-12,16-18H,4-10H2,1-3H3/t16-,17-,18-,19-,20-/m0/s1. The lowest BCUT2D eigenvalue weighted by Crippen LogP contribution is -2.49. The number of hydrogen-bond donors (Lipinski definition) is 0. The first-order valence-electron chi connectivity index (χ1n) is 8.89. The van der Waals surface area contributed by atoms with Gasteiger partial charge >= 0.3 is 0 Å². The smallest absolute Gasteiger partial charge is 0.178 e. The van der Waals surface area contributed by atoms with Gasteiger partial charge in [0.05, 0.1) is 0 Å². The van der Waals surface area contributed by atoms with Gasteiger partial charge < -0.3 is 0 Å². The quantitative estimate of drug-likeness (QED) is 0.606. The fraction of sp³-hybridized carbons (Fsp3) is 0.750. The monoisotopic (exact) mass is 284 g/mol. The van der Waals surface area contributed by atoms with Crippen molar-refractivity contribution in [1.82, 2.24) is 0 Å². The summed E-state index contributed by atoms with van der Waals surface area (Å²) >= 11 is 0. The van der Waals surface area contributed by atoms with Crippen LogP contribution in [0, 0.1) is 28.6 Å². The van der Waals surface area contributed by atoms with Crippen molar-refractivity contribution < 1.29 is 4.79 Å². The van der Waals surface area contributed by atoms with Crippen LogP contribution in [0.3, 0.4) is 0 Å². The van der Waals surface area contributed by atoms with E-state index in [1.165, 1.54) is 49.7 Å². The Kier molecular flexibility index (Phi) is 2.85. The zero-order valence-corrected chi connectivity index (χ0v) is 13.7. The summed E-state index contributed by atoms with van der Waals surface area (Å²) in [6.07, 6.45) is 13.5. The molecule has 0 spiro atoms. The summed E-state index contributed by atoms with van der Waals surface area (Å²) in [6.45, 7) is 7.20. The molecule has 0 N–H and O–H groups in total. The highest BCUT2D eigenvalue weighted by Gasteiger charge is 2.56. The molecule has 1 heteroatoms. The Labute approximate surface area is 128 Å². The summed E-state index contributed by atoms with van der Waals surface area (Å²) in [5, 5.41) is 0. The highest BCUT2D eigenvalue weighted by atomic mass is 16.1. The van der Waals surface area contributed by atoms with Crippen molar-refractivity contribution in [2.75, 3.05) is 0 Å². The van der Waals surface area contributed by atoms with Gasteiger partial charge in [0.1, 0.15) is 0 Å². The van der Waals surface area contributed by atoms with Gasteiger partial charge in [-0.15, -0.1) is 0 Å². The van der Waals surface area contributed by atoms with Gasteiger partial charge in [0.25, 0.3) is 0 Å². The van der Waals surface area contributed by atoms with Crippen molar-refractivity contribution in [3.8, 4) is 0 Å². The molecule has 0 radical (unpaired) electrons. The van der Waals surface area contributed by atoms with E-state index in [2.05, 4.69) is 20.8 Å². The molecule has 0 aromatic heterocycles. The predicted molar refractivity (Wildman–Crippen MR) is 85.9 cm³/mol. The number of allylic oxidation sites excluding steroid dienone is 4. The number of carbonyl (C=O) groups excluding carboxylic acids is 1. The molecule has 5 atom stereocenters. The summed E-state index contributed by atoms with van der Waals surface area (Å²) < 4.78 is 0. The minimum atomic E-state index is 0.181. The van der Waals surface area contributed by atoms with Crippen molar-refractivity contribution >= 4 is 5.78 Å². The largest absolute Gasteiger partial charge is 0.290 e. The molecule has 0 aromatic rings. The maximum Gasteiger partial charge on any atom is 0.178 e. The van der Waals surface area contributed by atoms with Crippen molar-refractivity contribution in [3.05, 3.63) is 23.3 Å². The van der Waals surface area contributed by atoms with Crippen LogP contribution in [0.25, 0.3) is 0 Å². The average molecular weight is 284 g/mol. The van der Waals surface area contributed by atoms with Crippen molar-refractivity contribution in [2.45, 2.75) is 65.7 Å². The van der Waals surface area contributed by atoms with E-state index in [1.807, 2.05) is 12.2 Å². The summed E-state index contributed by atoms with van der Waals surface area (Å²) in [7, 11) is 0. The fourth-order valence-electron chi connectivity index (χ4n) is 6.56. The molecule has 0 saturated heterocycles. The molecular formula is C20H28O. The zero-order valence-electron chi connectivity index (χ0n) is 13.7. The summed E-state index contributed by atoms with van der Waals surface area (Å²) in [5.74, 6) is 2.84. The molecule has 3 saturated carbocycles. The van der Waals surface area contributed by atoms with Crippen LogP contribution in [-0.2, 0) is 4.79 Å². The van der Waals surface area contributed by atoms with Crippen molar-refractivity contribution in [1.29, 1.82) is 0 Å². The molecule has 4 aliphatic carbocycles. The lowest BCUT2D eigenvalue weighted by molar-refractivity contribution is -0.111. The number of hydrogen-bond acceptors (Lipinski definition) is 1. The number of rotatable bonds is 0. The molecule has 0 unspecified atom stereocenters. The van der Waals surface area contributed by atoms with Crippen LogP contribution < -0.4 is 0 Å². The third kappa shape index (κ3) is 1.72. The molecule has 4 aliphatic rings. The second-order valence-corrected chi connectivity index (χ2v) is 8.60. The summed E-state index contributed by atoms with van der Waals surface area (Å²) in [5.41, 5.74) is 3.58. The molecule has 4 rings (SSSR count). The lowest BCUT2D eigenvalue weighted by atomic mass is 9.47. The Morgan fingerprint density at radius 2 is 1.86 bits per heavy atom. The van der Waals surface area contributed by atoms with Crippen molar-refractivity contribution in [2.24, 2.45) is 28.6 Å². The highest BCUT2D eigenvalue weighted by Crippen LogP contribution is 2.65. The fourth-order valence-corrected chi connectivity index (χ4v) is 6.56. The van der Waals surface area contributed by atoms with E-state index in [4.69, 9.17) is 0 Å². The minimum Gasteiger partial charge on any atom is -0.290 e. The van der Waals surface area contributed by atoms with Gasteiger partial charge in [-0.3, -0.25) is 4.79 Å². The lowest BCUT2D eigenvalue weighted by Gasteiger charge is -2.57. The van der Waals surface area contributed by atoms with Gasteiger partial charge in [0, 0.05) is 5.41 Å². The van der Waals surface area contributed by atoms with E-state index in [1.54, 1.807) is 0 Å². The van der Waals surface area contributed by atoms with Gasteiger partial charge in [-0.2, -0.15) is 0 Å². The number of ketones is 1. The molecule has 3 fully saturated rings. The molecule has 1 nitrogen and oxygen atoms in total. The molecular weight excluding hydrogens is 256 g/mol. The van der Waals surface area contributed by atoms with Crippen LogP contribution in [0.4, 0.5) is 0 Å². The van der Waals surface area contributed by atoms with Crippen LogP contribution in [0.15, 0.2) is 23.3 Å². The zero-order chi connectivity index (χ0) is 14.8. The van der Waals surface area contributed by atoms with Crippen LogP contribution in [0.2, 0.25) is 0 Å². The van der Waals surface area contributed by atoms with Gasteiger partial charge in [-0.1, -0.05) is 31.4 Å². The maximum absolute atomic E-state index is 11.9. The highest BCUT2D eigenvalue weighted by molar-refractivity contribution is 6.02. The van der Waals surface area contributed by atoms with E-state index in [0.717, 1.165) is 24.2 Å². The molecule has 0 aromatic carbocycles. The second kappa shape index (κ2) is 4.33. The number of carbonyl (C=O) groups is 1. The van der Waals surface area contributed by atoms with Crippen LogP contribution in [-0.4, -0.2) is 5.78 Å². The Hall–Kier alpha value is -0.850. The first-order valence-corrected chi connectivity index (χ1v) is 8.89. The molecule has 114 valence electrons. The Morgan fingerprint density at radius 1 is 1.05 bits per heavy atom. The molecule has 0 amide bonds. The van der Waals surface area contributed by atoms with Crippen LogP contribution >= 0.6 is 0 Å². The number of fused-ring (bicyclic) bond motifs is 5. The third-order valence-electron chi connectivity index (χ3n) is 7.87. The first-order chi connectivity index (χ1) is 9.95. The third-order valence-corrected chi connectivity index (χ3v) is 7.87. The van der Waals surface area contributed by atoms with Crippen LogP contribution in [0.5, 0.6) is 0 Å². The Balaban J connectivity index is 1.75.